The molecule has 1 unspecified atom stereocenters. The van der Waals surface area contributed by atoms with E-state index in [1.807, 2.05) is 43.0 Å². The predicted octanol–water partition coefficient (Wildman–Crippen LogP) is 4.05. The zero-order chi connectivity index (χ0) is 17.4. The molecule has 0 radical (unpaired) electrons. The van der Waals surface area contributed by atoms with Gasteiger partial charge in [0, 0.05) is 18.4 Å². The molecule has 3 aromatic rings. The van der Waals surface area contributed by atoms with Crippen LogP contribution >= 0.6 is 0 Å². The van der Waals surface area contributed by atoms with Crippen molar-refractivity contribution in [3.05, 3.63) is 47.3 Å². The van der Waals surface area contributed by atoms with Crippen molar-refractivity contribution in [3.63, 3.8) is 0 Å². The van der Waals surface area contributed by atoms with Gasteiger partial charge in [-0.25, -0.2) is 0 Å². The van der Waals surface area contributed by atoms with Crippen LogP contribution in [0.25, 0.3) is 11.0 Å². The zero-order valence-corrected chi connectivity index (χ0v) is 14.5. The molecule has 1 fully saturated rings. The maximum atomic E-state index is 13.1. The Labute approximate surface area is 145 Å². The number of carbonyl (C=O) groups excluding carboxylic acids is 1. The quantitative estimate of drug-likeness (QED) is 0.719. The fourth-order valence-corrected chi connectivity index (χ4v) is 3.40. The number of benzene rings is 1. The first-order valence-electron chi connectivity index (χ1n) is 8.79. The second-order valence-electron chi connectivity index (χ2n) is 6.56. The highest BCUT2D eigenvalue weighted by Gasteiger charge is 2.33. The second-order valence-corrected chi connectivity index (χ2v) is 6.56. The van der Waals surface area contributed by atoms with Crippen molar-refractivity contribution < 1.29 is 13.7 Å². The van der Waals surface area contributed by atoms with Crippen LogP contribution in [0, 0.1) is 6.92 Å². The number of hydrogen-bond donors (Lipinski definition) is 0. The number of nitrogens with zero attached hydrogens (tertiary/aromatic N) is 3. The van der Waals surface area contributed by atoms with Crippen molar-refractivity contribution >= 4 is 16.9 Å². The molecule has 0 N–H and O–H groups in total. The summed E-state index contributed by atoms with van der Waals surface area (Å²) >= 11 is 0. The van der Waals surface area contributed by atoms with Gasteiger partial charge in [0.05, 0.1) is 6.04 Å². The van der Waals surface area contributed by atoms with Crippen molar-refractivity contribution in [1.82, 2.24) is 15.0 Å². The van der Waals surface area contributed by atoms with Gasteiger partial charge in [-0.3, -0.25) is 4.79 Å². The minimum Gasteiger partial charge on any atom is -0.451 e. The van der Waals surface area contributed by atoms with Gasteiger partial charge >= 0.3 is 0 Å². The van der Waals surface area contributed by atoms with Gasteiger partial charge in [-0.15, -0.1) is 0 Å². The molecule has 1 amide bonds. The van der Waals surface area contributed by atoms with E-state index in [0.717, 1.165) is 35.8 Å². The lowest BCUT2D eigenvalue weighted by atomic mass is 10.0. The molecule has 1 aromatic carbocycles. The van der Waals surface area contributed by atoms with Crippen LogP contribution < -0.4 is 0 Å². The summed E-state index contributed by atoms with van der Waals surface area (Å²) < 4.78 is 11.0. The molecule has 130 valence electrons. The highest BCUT2D eigenvalue weighted by Crippen LogP contribution is 2.32. The molecule has 0 aliphatic carbocycles. The summed E-state index contributed by atoms with van der Waals surface area (Å²) in [6.45, 7) is 4.67. The van der Waals surface area contributed by atoms with Crippen molar-refractivity contribution in [2.24, 2.45) is 0 Å². The molecule has 25 heavy (non-hydrogen) atoms. The van der Waals surface area contributed by atoms with Crippen LogP contribution in [-0.2, 0) is 6.42 Å². The van der Waals surface area contributed by atoms with Gasteiger partial charge in [0.2, 0.25) is 5.89 Å². The normalized spacial score (nSPS) is 18.0. The fraction of sp³-hybridized carbons (Fsp3) is 0.421. The highest BCUT2D eigenvalue weighted by atomic mass is 16.5. The highest BCUT2D eigenvalue weighted by molar-refractivity contribution is 5.96. The van der Waals surface area contributed by atoms with Crippen LogP contribution in [-0.4, -0.2) is 27.5 Å². The summed E-state index contributed by atoms with van der Waals surface area (Å²) in [4.78, 5) is 19.3. The lowest BCUT2D eigenvalue weighted by molar-refractivity contribution is 0.0566. The minimum absolute atomic E-state index is 0.110. The van der Waals surface area contributed by atoms with Gasteiger partial charge < -0.3 is 13.8 Å². The maximum absolute atomic E-state index is 13.1. The van der Waals surface area contributed by atoms with E-state index in [2.05, 4.69) is 10.1 Å². The minimum atomic E-state index is -0.153. The summed E-state index contributed by atoms with van der Waals surface area (Å²) in [6.07, 6.45) is 3.55. The zero-order valence-electron chi connectivity index (χ0n) is 14.5. The third-order valence-electron chi connectivity index (χ3n) is 4.73. The van der Waals surface area contributed by atoms with Crippen molar-refractivity contribution in [1.29, 1.82) is 0 Å². The van der Waals surface area contributed by atoms with E-state index in [1.165, 1.54) is 0 Å². The first kappa shape index (κ1) is 15.9. The molecule has 2 aromatic heterocycles. The Morgan fingerprint density at radius 2 is 2.20 bits per heavy atom. The van der Waals surface area contributed by atoms with Gasteiger partial charge in [-0.1, -0.05) is 23.7 Å². The Morgan fingerprint density at radius 1 is 1.32 bits per heavy atom. The topological polar surface area (TPSA) is 72.4 Å². The Hall–Kier alpha value is -2.63. The van der Waals surface area contributed by atoms with Gasteiger partial charge in [0.1, 0.15) is 5.58 Å². The van der Waals surface area contributed by atoms with Gasteiger partial charge in [-0.2, -0.15) is 4.98 Å². The van der Waals surface area contributed by atoms with Crippen LogP contribution in [0.1, 0.15) is 60.1 Å². The van der Waals surface area contributed by atoms with Crippen LogP contribution in [0.3, 0.4) is 0 Å². The molecular formula is C19H21N3O3. The van der Waals surface area contributed by atoms with E-state index >= 15 is 0 Å². The van der Waals surface area contributed by atoms with E-state index in [0.29, 0.717) is 30.4 Å². The Bertz CT molecular complexity index is 912. The number of likely N-dealkylation sites (tertiary alicyclic amines) is 1. The van der Waals surface area contributed by atoms with Crippen LogP contribution in [0.5, 0.6) is 0 Å². The monoisotopic (exact) mass is 339 g/mol. The maximum Gasteiger partial charge on any atom is 0.290 e. The molecule has 4 rings (SSSR count). The number of rotatable bonds is 3. The molecule has 6 heteroatoms. The summed E-state index contributed by atoms with van der Waals surface area (Å²) in [7, 11) is 0. The Balaban J connectivity index is 1.65. The Kier molecular flexibility index (Phi) is 4.03. The molecule has 0 spiro atoms. The molecule has 1 atom stereocenters. The number of furan rings is 1. The van der Waals surface area contributed by atoms with Gasteiger partial charge in [-0.05, 0) is 44.4 Å². The average molecular weight is 339 g/mol. The van der Waals surface area contributed by atoms with Crippen molar-refractivity contribution in [3.8, 4) is 0 Å². The number of amides is 1. The van der Waals surface area contributed by atoms with Crippen LogP contribution in [0.2, 0.25) is 0 Å². The number of aromatic nitrogens is 2. The standard InChI is InChI=1S/C19H21N3O3/c1-3-17-20-18(21-25-17)14-6-4-5-9-22(14)19(23)16-11-13-10-12(2)7-8-15(13)24-16/h7-8,10-11,14H,3-6,9H2,1-2H3. The first-order chi connectivity index (χ1) is 12.2. The van der Waals surface area contributed by atoms with E-state index in [9.17, 15) is 4.79 Å². The van der Waals surface area contributed by atoms with Gasteiger partial charge in [0.15, 0.2) is 11.6 Å². The summed E-state index contributed by atoms with van der Waals surface area (Å²) in [5, 5.41) is 5.03. The number of carbonyl (C=O) groups is 1. The molecule has 3 heterocycles. The third-order valence-corrected chi connectivity index (χ3v) is 4.73. The largest absolute Gasteiger partial charge is 0.451 e. The molecule has 0 bridgehead atoms. The predicted molar refractivity (Wildman–Crippen MR) is 92.3 cm³/mol. The SMILES string of the molecule is CCc1nc(C2CCCCN2C(=O)c2cc3cc(C)ccc3o2)no1. The first-order valence-corrected chi connectivity index (χ1v) is 8.79. The summed E-state index contributed by atoms with van der Waals surface area (Å²) in [5.41, 5.74) is 1.87. The molecule has 1 aliphatic heterocycles. The van der Waals surface area contributed by atoms with Crippen molar-refractivity contribution in [2.45, 2.75) is 45.6 Å². The molecular weight excluding hydrogens is 318 g/mol. The van der Waals surface area contributed by atoms with E-state index in [-0.39, 0.29) is 11.9 Å². The van der Waals surface area contributed by atoms with E-state index < -0.39 is 0 Å². The van der Waals surface area contributed by atoms with E-state index in [1.54, 1.807) is 0 Å². The summed E-state index contributed by atoms with van der Waals surface area (Å²) in [5.74, 6) is 1.46. The molecule has 1 aliphatic rings. The molecule has 0 saturated carbocycles. The fourth-order valence-electron chi connectivity index (χ4n) is 3.40. The number of piperidine rings is 1. The smallest absolute Gasteiger partial charge is 0.290 e. The number of aryl methyl sites for hydroxylation is 2. The lowest BCUT2D eigenvalue weighted by Gasteiger charge is -2.33. The van der Waals surface area contributed by atoms with Crippen LogP contribution in [0.4, 0.5) is 0 Å². The van der Waals surface area contributed by atoms with Crippen molar-refractivity contribution in [2.75, 3.05) is 6.54 Å². The average Bonchev–Trinajstić information content (AvgIpc) is 3.27. The second kappa shape index (κ2) is 6.35. The third kappa shape index (κ3) is 2.92. The molecule has 6 nitrogen and oxygen atoms in total. The molecule has 1 saturated heterocycles. The van der Waals surface area contributed by atoms with Crippen LogP contribution in [0.15, 0.2) is 33.2 Å². The number of fused-ring (bicyclic) bond motifs is 1. The lowest BCUT2D eigenvalue weighted by Crippen LogP contribution is -2.38. The van der Waals surface area contributed by atoms with Gasteiger partial charge in [0.25, 0.3) is 5.91 Å². The number of hydrogen-bond acceptors (Lipinski definition) is 5. The summed E-state index contributed by atoms with van der Waals surface area (Å²) in [6, 6.07) is 7.58. The van der Waals surface area contributed by atoms with E-state index in [4.69, 9.17) is 8.94 Å². The Morgan fingerprint density at radius 3 is 3.00 bits per heavy atom.